The Bertz CT molecular complexity index is 795. The van der Waals surface area contributed by atoms with E-state index in [4.69, 9.17) is 0 Å². The summed E-state index contributed by atoms with van der Waals surface area (Å²) in [5.74, 6) is -0.338. The molecule has 0 atom stereocenters. The van der Waals surface area contributed by atoms with E-state index in [1.807, 2.05) is 5.01 Å². The highest BCUT2D eigenvalue weighted by Crippen LogP contribution is 2.25. The molecule has 2 heterocycles. The van der Waals surface area contributed by atoms with Crippen molar-refractivity contribution in [2.75, 3.05) is 26.2 Å². The number of sulfonamides is 1. The van der Waals surface area contributed by atoms with Gasteiger partial charge in [0.15, 0.2) is 5.78 Å². The van der Waals surface area contributed by atoms with E-state index in [0.29, 0.717) is 31.5 Å². The summed E-state index contributed by atoms with van der Waals surface area (Å²) in [5.41, 5.74) is 3.36. The van der Waals surface area contributed by atoms with Crippen molar-refractivity contribution in [2.45, 2.75) is 43.9 Å². The van der Waals surface area contributed by atoms with Gasteiger partial charge in [0.25, 0.3) is 0 Å². The second-order valence-electron chi connectivity index (χ2n) is 7.29. The lowest BCUT2D eigenvalue weighted by molar-refractivity contribution is -0.131. The van der Waals surface area contributed by atoms with E-state index >= 15 is 0 Å². The molecule has 148 valence electrons. The number of hydrogen-bond acceptors (Lipinski definition) is 5. The molecule has 3 rings (SSSR count). The number of hydrazine groups is 1. The van der Waals surface area contributed by atoms with E-state index in [2.05, 4.69) is 5.43 Å². The van der Waals surface area contributed by atoms with Crippen LogP contribution >= 0.6 is 0 Å². The number of nitrogens with zero attached hydrogens (tertiary/aromatic N) is 2. The third-order valence-electron chi connectivity index (χ3n) is 5.33. The predicted molar refractivity (Wildman–Crippen MR) is 101 cm³/mol. The first-order valence-electron chi connectivity index (χ1n) is 9.54. The van der Waals surface area contributed by atoms with Crippen molar-refractivity contribution >= 4 is 21.7 Å². The van der Waals surface area contributed by atoms with Crippen LogP contribution in [0.5, 0.6) is 0 Å². The highest BCUT2D eigenvalue weighted by atomic mass is 32.2. The number of carbonyl (C=O) groups is 2. The van der Waals surface area contributed by atoms with E-state index in [9.17, 15) is 18.0 Å². The first-order valence-corrected chi connectivity index (χ1v) is 11.0. The fourth-order valence-electron chi connectivity index (χ4n) is 3.64. The molecule has 1 aromatic carbocycles. The standard InChI is InChI=1S/C19H27N3O4S/c1-15(23)17-6-5-7-18(14-17)27(25,26)22-12-8-16(9-13-22)19(24)20-21-10-3-2-4-11-21/h5-7,14,16H,2-4,8-13H2,1H3,(H,20,24). The molecule has 0 bridgehead atoms. The Kier molecular flexibility index (Phi) is 6.29. The lowest BCUT2D eigenvalue weighted by Gasteiger charge is -2.33. The van der Waals surface area contributed by atoms with Gasteiger partial charge in [0.2, 0.25) is 15.9 Å². The normalized spacial score (nSPS) is 20.3. The van der Waals surface area contributed by atoms with E-state index in [1.165, 1.54) is 29.8 Å². The van der Waals surface area contributed by atoms with Crippen LogP contribution in [0.3, 0.4) is 0 Å². The van der Waals surface area contributed by atoms with Crippen LogP contribution in [-0.2, 0) is 14.8 Å². The number of rotatable bonds is 5. The molecule has 1 amide bonds. The molecule has 0 radical (unpaired) electrons. The fraction of sp³-hybridized carbons (Fsp3) is 0.579. The molecule has 2 aliphatic heterocycles. The van der Waals surface area contributed by atoms with Gasteiger partial charge in [-0.2, -0.15) is 4.31 Å². The highest BCUT2D eigenvalue weighted by Gasteiger charge is 2.32. The summed E-state index contributed by atoms with van der Waals surface area (Å²) < 4.78 is 27.1. The molecule has 0 aromatic heterocycles. The van der Waals surface area contributed by atoms with Gasteiger partial charge in [0.05, 0.1) is 4.90 Å². The topological polar surface area (TPSA) is 86.8 Å². The third kappa shape index (κ3) is 4.75. The number of benzene rings is 1. The first kappa shape index (κ1) is 20.0. The summed E-state index contributed by atoms with van der Waals surface area (Å²) in [6.45, 7) is 3.80. The number of ketones is 1. The molecule has 2 saturated heterocycles. The summed E-state index contributed by atoms with van der Waals surface area (Å²) in [7, 11) is -3.66. The third-order valence-corrected chi connectivity index (χ3v) is 7.22. The van der Waals surface area contributed by atoms with Gasteiger partial charge in [-0.25, -0.2) is 13.4 Å². The van der Waals surface area contributed by atoms with Crippen LogP contribution in [0.2, 0.25) is 0 Å². The quantitative estimate of drug-likeness (QED) is 0.771. The molecule has 0 unspecified atom stereocenters. The number of amides is 1. The summed E-state index contributed by atoms with van der Waals surface area (Å²) >= 11 is 0. The van der Waals surface area contributed by atoms with Gasteiger partial charge in [0, 0.05) is 37.7 Å². The average Bonchev–Trinajstić information content (AvgIpc) is 2.69. The van der Waals surface area contributed by atoms with Crippen molar-refractivity contribution in [3.05, 3.63) is 29.8 Å². The number of nitrogens with one attached hydrogen (secondary N) is 1. The first-order chi connectivity index (χ1) is 12.9. The zero-order valence-electron chi connectivity index (χ0n) is 15.7. The van der Waals surface area contributed by atoms with Crippen LogP contribution in [0, 0.1) is 5.92 Å². The molecule has 0 saturated carbocycles. The number of hydrogen-bond donors (Lipinski definition) is 1. The van der Waals surface area contributed by atoms with Crippen LogP contribution < -0.4 is 5.43 Å². The molecule has 8 heteroatoms. The summed E-state index contributed by atoms with van der Waals surface area (Å²) in [4.78, 5) is 24.1. The van der Waals surface area contributed by atoms with Crippen LogP contribution in [0.4, 0.5) is 0 Å². The Labute approximate surface area is 160 Å². The Morgan fingerprint density at radius 3 is 2.33 bits per heavy atom. The zero-order valence-corrected chi connectivity index (χ0v) is 16.5. The van der Waals surface area contributed by atoms with Gasteiger partial charge in [0.1, 0.15) is 0 Å². The van der Waals surface area contributed by atoms with Gasteiger partial charge < -0.3 is 0 Å². The van der Waals surface area contributed by atoms with Gasteiger partial charge in [-0.3, -0.25) is 15.0 Å². The highest BCUT2D eigenvalue weighted by molar-refractivity contribution is 7.89. The molecule has 7 nitrogen and oxygen atoms in total. The Morgan fingerprint density at radius 1 is 1.04 bits per heavy atom. The van der Waals surface area contributed by atoms with Gasteiger partial charge >= 0.3 is 0 Å². The van der Waals surface area contributed by atoms with Crippen molar-refractivity contribution in [1.82, 2.24) is 14.7 Å². The van der Waals surface area contributed by atoms with Crippen molar-refractivity contribution in [1.29, 1.82) is 0 Å². The second kappa shape index (κ2) is 8.50. The minimum absolute atomic E-state index is 0.00692. The van der Waals surface area contributed by atoms with Gasteiger partial charge in [-0.1, -0.05) is 18.6 Å². The minimum Gasteiger partial charge on any atom is -0.295 e. The molecule has 1 aromatic rings. The van der Waals surface area contributed by atoms with Crippen molar-refractivity contribution in [3.63, 3.8) is 0 Å². The largest absolute Gasteiger partial charge is 0.295 e. The molecular formula is C19H27N3O4S. The van der Waals surface area contributed by atoms with Crippen molar-refractivity contribution < 1.29 is 18.0 Å². The van der Waals surface area contributed by atoms with Crippen LogP contribution in [0.1, 0.15) is 49.4 Å². The van der Waals surface area contributed by atoms with E-state index in [1.54, 1.807) is 12.1 Å². The summed E-state index contributed by atoms with van der Waals surface area (Å²) in [6.07, 6.45) is 4.40. The lowest BCUT2D eigenvalue weighted by Crippen LogP contribution is -2.49. The van der Waals surface area contributed by atoms with Crippen molar-refractivity contribution in [2.24, 2.45) is 5.92 Å². The Balaban J connectivity index is 1.60. The maximum atomic E-state index is 12.9. The van der Waals surface area contributed by atoms with Gasteiger partial charge in [-0.05, 0) is 44.7 Å². The summed E-state index contributed by atoms with van der Waals surface area (Å²) in [6, 6.07) is 6.13. The smallest absolute Gasteiger partial charge is 0.243 e. The minimum atomic E-state index is -3.66. The molecule has 0 spiro atoms. The fourth-order valence-corrected chi connectivity index (χ4v) is 5.15. The number of carbonyl (C=O) groups excluding carboxylic acids is 2. The molecule has 0 aliphatic carbocycles. The zero-order chi connectivity index (χ0) is 19.4. The molecule has 27 heavy (non-hydrogen) atoms. The van der Waals surface area contributed by atoms with Crippen molar-refractivity contribution in [3.8, 4) is 0 Å². The number of piperidine rings is 2. The molecule has 1 N–H and O–H groups in total. The summed E-state index contributed by atoms with van der Waals surface area (Å²) in [5, 5.41) is 1.97. The van der Waals surface area contributed by atoms with Crippen LogP contribution in [-0.4, -0.2) is 55.6 Å². The maximum Gasteiger partial charge on any atom is 0.243 e. The molecular weight excluding hydrogens is 366 g/mol. The Hall–Kier alpha value is -1.77. The van der Waals surface area contributed by atoms with Crippen LogP contribution in [0.25, 0.3) is 0 Å². The van der Waals surface area contributed by atoms with E-state index in [0.717, 1.165) is 25.9 Å². The molecule has 2 aliphatic rings. The van der Waals surface area contributed by atoms with E-state index < -0.39 is 10.0 Å². The number of Topliss-reactive ketones (excluding diaryl/α,β-unsaturated/α-hetero) is 1. The van der Waals surface area contributed by atoms with Crippen LogP contribution in [0.15, 0.2) is 29.2 Å². The van der Waals surface area contributed by atoms with E-state index in [-0.39, 0.29) is 22.5 Å². The van der Waals surface area contributed by atoms with Gasteiger partial charge in [-0.15, -0.1) is 0 Å². The lowest BCUT2D eigenvalue weighted by atomic mass is 9.97. The average molecular weight is 394 g/mol. The second-order valence-corrected chi connectivity index (χ2v) is 9.22. The Morgan fingerprint density at radius 2 is 1.70 bits per heavy atom. The maximum absolute atomic E-state index is 12.9. The monoisotopic (exact) mass is 393 g/mol. The molecule has 2 fully saturated rings. The SMILES string of the molecule is CC(=O)c1cccc(S(=O)(=O)N2CCC(C(=O)NN3CCCCC3)CC2)c1. The predicted octanol–water partition coefficient (Wildman–Crippen LogP) is 1.81.